The molecule has 0 aliphatic heterocycles. The van der Waals surface area contributed by atoms with Crippen LogP contribution in [0.25, 0.3) is 0 Å². The molecular formula is C20H22ClFN6O. The van der Waals surface area contributed by atoms with E-state index in [4.69, 9.17) is 17.3 Å². The van der Waals surface area contributed by atoms with Crippen molar-refractivity contribution >= 4 is 29.0 Å². The van der Waals surface area contributed by atoms with E-state index in [1.807, 2.05) is 17.8 Å². The molecule has 2 unspecified atom stereocenters. The van der Waals surface area contributed by atoms with Gasteiger partial charge in [-0.15, -0.1) is 0 Å². The lowest BCUT2D eigenvalue weighted by Gasteiger charge is -2.11. The summed E-state index contributed by atoms with van der Waals surface area (Å²) in [5.41, 5.74) is 8.67. The summed E-state index contributed by atoms with van der Waals surface area (Å²) in [5, 5.41) is 7.23. The molecule has 1 saturated carbocycles. The number of imidazole rings is 1. The largest absolute Gasteiger partial charge is 0.383 e. The first kappa shape index (κ1) is 19.4. The zero-order chi connectivity index (χ0) is 20.7. The van der Waals surface area contributed by atoms with Crippen molar-refractivity contribution in [1.82, 2.24) is 19.3 Å². The molecule has 7 nitrogen and oxygen atoms in total. The van der Waals surface area contributed by atoms with Crippen molar-refractivity contribution in [2.45, 2.75) is 31.1 Å². The quantitative estimate of drug-likeness (QED) is 0.676. The Bertz CT molecular complexity index is 1080. The molecule has 1 aliphatic carbocycles. The van der Waals surface area contributed by atoms with Gasteiger partial charge in [-0.2, -0.15) is 5.10 Å². The van der Waals surface area contributed by atoms with E-state index in [2.05, 4.69) is 15.4 Å². The molecule has 1 aromatic carbocycles. The minimum atomic E-state index is -0.544. The molecule has 0 spiro atoms. The van der Waals surface area contributed by atoms with Crippen molar-refractivity contribution in [2.24, 2.45) is 14.1 Å². The van der Waals surface area contributed by atoms with E-state index in [-0.39, 0.29) is 16.8 Å². The van der Waals surface area contributed by atoms with Crippen LogP contribution >= 0.6 is 11.6 Å². The lowest BCUT2D eigenvalue weighted by atomic mass is 9.97. The summed E-state index contributed by atoms with van der Waals surface area (Å²) in [6.45, 7) is 0. The highest BCUT2D eigenvalue weighted by atomic mass is 35.5. The first-order chi connectivity index (χ1) is 13.8. The second-order valence-corrected chi connectivity index (χ2v) is 7.93. The predicted octanol–water partition coefficient (Wildman–Crippen LogP) is 3.83. The first-order valence-electron chi connectivity index (χ1n) is 9.40. The number of hydrogen-bond donors (Lipinski definition) is 2. The average Bonchev–Trinajstić information content (AvgIpc) is 3.38. The van der Waals surface area contributed by atoms with Crippen molar-refractivity contribution in [3.8, 4) is 0 Å². The van der Waals surface area contributed by atoms with E-state index in [0.29, 0.717) is 28.7 Å². The van der Waals surface area contributed by atoms with Gasteiger partial charge in [-0.3, -0.25) is 9.48 Å². The number of nitrogens with zero attached hydrogens (tertiary/aromatic N) is 4. The molecular weight excluding hydrogens is 395 g/mol. The van der Waals surface area contributed by atoms with Crippen LogP contribution in [0, 0.1) is 5.82 Å². The summed E-state index contributed by atoms with van der Waals surface area (Å²) < 4.78 is 16.9. The van der Waals surface area contributed by atoms with Gasteiger partial charge in [0.05, 0.1) is 22.7 Å². The Morgan fingerprint density at radius 3 is 2.76 bits per heavy atom. The number of anilines is 2. The number of carbonyl (C=O) groups excluding carboxylic acids is 1. The molecule has 9 heteroatoms. The van der Waals surface area contributed by atoms with E-state index >= 15 is 0 Å². The molecule has 3 N–H and O–H groups in total. The summed E-state index contributed by atoms with van der Waals surface area (Å²) in [7, 11) is 3.67. The molecule has 29 heavy (non-hydrogen) atoms. The molecule has 3 aromatic rings. The van der Waals surface area contributed by atoms with Crippen LogP contribution in [0.2, 0.25) is 5.02 Å². The average molecular weight is 417 g/mol. The third-order valence-electron chi connectivity index (χ3n) is 5.49. The molecule has 0 bridgehead atoms. The Labute approximate surface area is 172 Å². The Morgan fingerprint density at radius 2 is 2.07 bits per heavy atom. The van der Waals surface area contributed by atoms with Gasteiger partial charge in [0.1, 0.15) is 17.2 Å². The zero-order valence-electron chi connectivity index (χ0n) is 16.2. The Kier molecular flexibility index (Phi) is 5.04. The molecule has 0 radical (unpaired) electrons. The number of rotatable bonds is 4. The van der Waals surface area contributed by atoms with Gasteiger partial charge < -0.3 is 15.6 Å². The number of nitrogen functional groups attached to an aromatic ring is 1. The van der Waals surface area contributed by atoms with Crippen molar-refractivity contribution in [3.63, 3.8) is 0 Å². The summed E-state index contributed by atoms with van der Waals surface area (Å²) in [5.74, 6) is -0.182. The third-order valence-corrected chi connectivity index (χ3v) is 5.78. The molecule has 2 heterocycles. The van der Waals surface area contributed by atoms with Crippen LogP contribution < -0.4 is 11.1 Å². The lowest BCUT2D eigenvalue weighted by Crippen LogP contribution is -2.16. The fourth-order valence-corrected chi connectivity index (χ4v) is 4.17. The van der Waals surface area contributed by atoms with Crippen LogP contribution in [0.3, 0.4) is 0 Å². The van der Waals surface area contributed by atoms with Gasteiger partial charge in [-0.25, -0.2) is 9.37 Å². The van der Waals surface area contributed by atoms with Crippen LogP contribution in [-0.4, -0.2) is 25.2 Å². The van der Waals surface area contributed by atoms with Gasteiger partial charge in [0.15, 0.2) is 0 Å². The van der Waals surface area contributed by atoms with Gasteiger partial charge in [-0.1, -0.05) is 11.6 Å². The van der Waals surface area contributed by atoms with Crippen molar-refractivity contribution in [2.75, 3.05) is 11.1 Å². The fourth-order valence-electron chi connectivity index (χ4n) is 3.99. The van der Waals surface area contributed by atoms with Crippen LogP contribution in [-0.2, 0) is 14.1 Å². The molecule has 1 amide bonds. The van der Waals surface area contributed by atoms with Crippen molar-refractivity contribution in [3.05, 3.63) is 58.5 Å². The smallest absolute Gasteiger partial charge is 0.261 e. The number of aryl methyl sites for hydroxylation is 2. The second kappa shape index (κ2) is 7.51. The molecule has 152 valence electrons. The second-order valence-electron chi connectivity index (χ2n) is 7.52. The van der Waals surface area contributed by atoms with Gasteiger partial charge in [0.25, 0.3) is 5.91 Å². The Morgan fingerprint density at radius 1 is 1.31 bits per heavy atom. The molecule has 1 aliphatic rings. The molecule has 4 rings (SSSR count). The summed E-state index contributed by atoms with van der Waals surface area (Å²) in [6, 6.07) is 4.03. The van der Waals surface area contributed by atoms with Crippen LogP contribution in [0.15, 0.2) is 30.7 Å². The zero-order valence-corrected chi connectivity index (χ0v) is 16.9. The topological polar surface area (TPSA) is 90.8 Å². The normalized spacial score (nSPS) is 18.9. The van der Waals surface area contributed by atoms with E-state index < -0.39 is 5.82 Å². The Hall–Kier alpha value is -2.87. The minimum Gasteiger partial charge on any atom is -0.383 e. The minimum absolute atomic E-state index is 0.0591. The van der Waals surface area contributed by atoms with Crippen LogP contribution in [0.4, 0.5) is 15.9 Å². The highest BCUT2D eigenvalue weighted by Crippen LogP contribution is 2.44. The molecule has 2 atom stereocenters. The molecule has 1 fully saturated rings. The number of benzene rings is 1. The highest BCUT2D eigenvalue weighted by Gasteiger charge is 2.34. The Balaban J connectivity index is 1.58. The first-order valence-corrected chi connectivity index (χ1v) is 9.78. The number of amides is 1. The van der Waals surface area contributed by atoms with E-state index in [0.717, 1.165) is 25.0 Å². The number of carbonyl (C=O) groups is 1. The lowest BCUT2D eigenvalue weighted by molar-refractivity contribution is 0.102. The summed E-state index contributed by atoms with van der Waals surface area (Å²) in [4.78, 5) is 17.4. The molecule has 0 saturated heterocycles. The highest BCUT2D eigenvalue weighted by molar-refractivity contribution is 6.31. The standard InChI is InChI=1S/C20H22ClFN6O/c1-27-9-16(24-10-27)11-3-4-12(7-11)18-17(19(23)28(2)26-18)20(29)25-13-5-6-15(22)14(21)8-13/h5-6,8-12H,3-4,7,23H2,1-2H3,(H,25,29). The maximum atomic E-state index is 13.4. The van der Waals surface area contributed by atoms with Gasteiger partial charge in [-0.05, 0) is 37.5 Å². The number of nitrogens with one attached hydrogen (secondary N) is 1. The maximum absolute atomic E-state index is 13.4. The third kappa shape index (κ3) is 3.72. The van der Waals surface area contributed by atoms with Crippen LogP contribution in [0.1, 0.15) is 52.8 Å². The summed E-state index contributed by atoms with van der Waals surface area (Å²) in [6.07, 6.45) is 6.57. The van der Waals surface area contributed by atoms with E-state index in [1.165, 1.54) is 22.9 Å². The number of hydrogen-bond acceptors (Lipinski definition) is 4. The van der Waals surface area contributed by atoms with E-state index in [1.54, 1.807) is 13.4 Å². The fraction of sp³-hybridized carbons (Fsp3) is 0.350. The van der Waals surface area contributed by atoms with Gasteiger partial charge in [0.2, 0.25) is 0 Å². The van der Waals surface area contributed by atoms with E-state index in [9.17, 15) is 9.18 Å². The van der Waals surface area contributed by atoms with Gasteiger partial charge >= 0.3 is 0 Å². The van der Waals surface area contributed by atoms with Gasteiger partial charge in [0, 0.05) is 37.8 Å². The SMILES string of the molecule is Cn1cnc(C2CCC(c3nn(C)c(N)c3C(=O)Nc3ccc(F)c(Cl)c3)C2)c1. The van der Waals surface area contributed by atoms with Crippen molar-refractivity contribution < 1.29 is 9.18 Å². The monoisotopic (exact) mass is 416 g/mol. The summed E-state index contributed by atoms with van der Waals surface area (Å²) >= 11 is 5.81. The number of halogens is 2. The predicted molar refractivity (Wildman–Crippen MR) is 110 cm³/mol. The molecule has 2 aromatic heterocycles. The van der Waals surface area contributed by atoms with Crippen molar-refractivity contribution in [1.29, 1.82) is 0 Å². The number of nitrogens with two attached hydrogens (primary N) is 1. The number of aromatic nitrogens is 4. The maximum Gasteiger partial charge on any atom is 0.261 e. The van der Waals surface area contributed by atoms with Crippen LogP contribution in [0.5, 0.6) is 0 Å².